The van der Waals surface area contributed by atoms with Gasteiger partial charge in [-0.3, -0.25) is 4.31 Å². The predicted octanol–water partition coefficient (Wildman–Crippen LogP) is 4.14. The topological polar surface area (TPSA) is 37.4 Å². The summed E-state index contributed by atoms with van der Waals surface area (Å²) in [6, 6.07) is 3.51. The average Bonchev–Trinajstić information content (AvgIpc) is 2.79. The van der Waals surface area contributed by atoms with Crippen LogP contribution in [0.1, 0.15) is 0 Å². The van der Waals surface area contributed by atoms with Gasteiger partial charge in [-0.15, -0.1) is 22.7 Å². The normalized spacial score (nSPS) is 16.8. The van der Waals surface area contributed by atoms with Gasteiger partial charge in [0.2, 0.25) is 0 Å². The molecule has 0 aromatic carbocycles. The van der Waals surface area contributed by atoms with E-state index >= 15 is 0 Å². The zero-order valence-corrected chi connectivity index (χ0v) is 14.0. The van der Waals surface area contributed by atoms with Crippen molar-refractivity contribution >= 4 is 70.2 Å². The second-order valence-electron chi connectivity index (χ2n) is 3.48. The highest BCUT2D eigenvalue weighted by Gasteiger charge is 2.35. The first kappa shape index (κ1) is 12.2. The fourth-order valence-electron chi connectivity index (χ4n) is 1.72. The second-order valence-corrected chi connectivity index (χ2v) is 10.3. The standard InChI is InChI=1S/C9H5Br2NO2S3/c1-12-4-2-6(10)15-8(4)9-5(17(12,13)14)3-7(11)16-9/h2-3H,1H3. The molecule has 0 spiro atoms. The molecule has 0 unspecified atom stereocenters. The lowest BCUT2D eigenvalue weighted by atomic mass is 10.3. The molecule has 17 heavy (non-hydrogen) atoms. The number of thiophene rings is 2. The molecule has 3 heterocycles. The average molecular weight is 415 g/mol. The van der Waals surface area contributed by atoms with E-state index in [4.69, 9.17) is 0 Å². The number of fused-ring (bicyclic) bond motifs is 3. The van der Waals surface area contributed by atoms with E-state index in [2.05, 4.69) is 31.9 Å². The van der Waals surface area contributed by atoms with Crippen molar-refractivity contribution in [2.45, 2.75) is 4.90 Å². The molecule has 0 atom stereocenters. The Morgan fingerprint density at radius 1 is 1.12 bits per heavy atom. The van der Waals surface area contributed by atoms with Crippen LogP contribution < -0.4 is 4.31 Å². The summed E-state index contributed by atoms with van der Waals surface area (Å²) >= 11 is 9.76. The van der Waals surface area contributed by atoms with Gasteiger partial charge in [-0.1, -0.05) is 0 Å². The van der Waals surface area contributed by atoms with Crippen LogP contribution in [-0.2, 0) is 10.0 Å². The molecule has 0 amide bonds. The summed E-state index contributed by atoms with van der Waals surface area (Å²) < 4.78 is 27.7. The zero-order valence-electron chi connectivity index (χ0n) is 8.40. The molecule has 8 heteroatoms. The largest absolute Gasteiger partial charge is 0.268 e. The van der Waals surface area contributed by atoms with E-state index in [1.807, 2.05) is 6.07 Å². The third-order valence-electron chi connectivity index (χ3n) is 2.53. The molecule has 0 fully saturated rings. The van der Waals surface area contributed by atoms with E-state index in [9.17, 15) is 8.42 Å². The molecule has 1 aliphatic heterocycles. The van der Waals surface area contributed by atoms with Gasteiger partial charge in [0.25, 0.3) is 10.0 Å². The van der Waals surface area contributed by atoms with E-state index in [0.717, 1.165) is 23.0 Å². The summed E-state index contributed by atoms with van der Waals surface area (Å²) in [6.45, 7) is 0. The Labute approximate surface area is 123 Å². The molecule has 0 radical (unpaired) electrons. The van der Waals surface area contributed by atoms with Gasteiger partial charge < -0.3 is 0 Å². The Morgan fingerprint density at radius 2 is 1.71 bits per heavy atom. The van der Waals surface area contributed by atoms with Gasteiger partial charge in [0, 0.05) is 7.05 Å². The van der Waals surface area contributed by atoms with Gasteiger partial charge in [-0.2, -0.15) is 0 Å². The maximum atomic E-state index is 12.3. The molecule has 0 N–H and O–H groups in total. The van der Waals surface area contributed by atoms with Crippen LogP contribution in [0.2, 0.25) is 0 Å². The van der Waals surface area contributed by atoms with Crippen molar-refractivity contribution in [3.63, 3.8) is 0 Å². The number of hydrogen-bond acceptors (Lipinski definition) is 4. The van der Waals surface area contributed by atoms with E-state index < -0.39 is 10.0 Å². The molecule has 2 aromatic rings. The third-order valence-corrected chi connectivity index (χ3v) is 7.89. The quantitative estimate of drug-likeness (QED) is 0.649. The summed E-state index contributed by atoms with van der Waals surface area (Å²) in [7, 11) is -1.82. The van der Waals surface area contributed by atoms with Crippen LogP contribution in [0, 0.1) is 0 Å². The molecule has 0 aliphatic carbocycles. The van der Waals surface area contributed by atoms with Gasteiger partial charge >= 0.3 is 0 Å². The van der Waals surface area contributed by atoms with Crippen LogP contribution in [0.5, 0.6) is 0 Å². The van der Waals surface area contributed by atoms with Crippen LogP contribution in [0.3, 0.4) is 0 Å². The van der Waals surface area contributed by atoms with Crippen LogP contribution in [0.4, 0.5) is 5.69 Å². The highest BCUT2D eigenvalue weighted by molar-refractivity contribution is 9.11. The van der Waals surface area contributed by atoms with Crippen molar-refractivity contribution in [2.24, 2.45) is 0 Å². The molecule has 0 saturated heterocycles. The summed E-state index contributed by atoms with van der Waals surface area (Å²) in [6.07, 6.45) is 0. The predicted molar refractivity (Wildman–Crippen MR) is 78.6 cm³/mol. The Morgan fingerprint density at radius 3 is 2.41 bits per heavy atom. The van der Waals surface area contributed by atoms with E-state index in [1.165, 1.54) is 15.6 Å². The minimum Gasteiger partial charge on any atom is -0.268 e. The Kier molecular flexibility index (Phi) is 2.72. The number of anilines is 1. The monoisotopic (exact) mass is 413 g/mol. The molecular formula is C9H5Br2NO2S3. The third kappa shape index (κ3) is 1.65. The number of hydrogen-bond donors (Lipinski definition) is 0. The number of rotatable bonds is 0. The summed E-state index contributed by atoms with van der Waals surface area (Å²) in [5.41, 5.74) is 0.740. The fraction of sp³-hybridized carbons (Fsp3) is 0.111. The molecule has 1 aliphatic rings. The number of nitrogens with zero attached hydrogens (tertiary/aromatic N) is 1. The van der Waals surface area contributed by atoms with E-state index in [0.29, 0.717) is 4.90 Å². The number of sulfonamides is 1. The van der Waals surface area contributed by atoms with Crippen LogP contribution >= 0.6 is 54.5 Å². The lowest BCUT2D eigenvalue weighted by Crippen LogP contribution is -2.28. The van der Waals surface area contributed by atoms with Gasteiger partial charge in [-0.25, -0.2) is 8.42 Å². The van der Waals surface area contributed by atoms with Crippen molar-refractivity contribution in [2.75, 3.05) is 11.4 Å². The highest BCUT2D eigenvalue weighted by Crippen LogP contribution is 2.52. The minimum absolute atomic E-state index is 0.388. The first-order valence-electron chi connectivity index (χ1n) is 4.49. The van der Waals surface area contributed by atoms with Crippen LogP contribution in [0.25, 0.3) is 9.75 Å². The minimum atomic E-state index is -3.40. The molecule has 3 rings (SSSR count). The van der Waals surface area contributed by atoms with Crippen molar-refractivity contribution < 1.29 is 8.42 Å². The highest BCUT2D eigenvalue weighted by atomic mass is 79.9. The zero-order chi connectivity index (χ0) is 12.4. The Bertz CT molecular complexity index is 717. The van der Waals surface area contributed by atoms with E-state index in [1.54, 1.807) is 24.5 Å². The molecule has 3 nitrogen and oxygen atoms in total. The molecule has 2 aromatic heterocycles. The molecular weight excluding hydrogens is 410 g/mol. The fourth-order valence-corrected chi connectivity index (χ4v) is 7.08. The van der Waals surface area contributed by atoms with Crippen molar-refractivity contribution in [3.05, 3.63) is 19.7 Å². The Hall–Kier alpha value is 0.110. The van der Waals surface area contributed by atoms with Gasteiger partial charge in [0.15, 0.2) is 0 Å². The first-order valence-corrected chi connectivity index (χ1v) is 9.15. The van der Waals surface area contributed by atoms with Gasteiger partial charge in [0.1, 0.15) is 4.90 Å². The lowest BCUT2D eigenvalue weighted by Gasteiger charge is -2.23. The van der Waals surface area contributed by atoms with Gasteiger partial charge in [0.05, 0.1) is 23.0 Å². The van der Waals surface area contributed by atoms with Crippen molar-refractivity contribution in [3.8, 4) is 9.75 Å². The molecule has 0 saturated carbocycles. The molecule has 0 bridgehead atoms. The SMILES string of the molecule is CN1c2cc(Br)sc2-c2sc(Br)cc2S1(=O)=O. The number of halogens is 2. The maximum Gasteiger partial charge on any atom is 0.265 e. The van der Waals surface area contributed by atoms with Crippen molar-refractivity contribution in [1.29, 1.82) is 0 Å². The van der Waals surface area contributed by atoms with Crippen LogP contribution in [-0.4, -0.2) is 15.5 Å². The summed E-state index contributed by atoms with van der Waals surface area (Å²) in [4.78, 5) is 2.21. The van der Waals surface area contributed by atoms with E-state index in [-0.39, 0.29) is 0 Å². The summed E-state index contributed by atoms with van der Waals surface area (Å²) in [5, 5.41) is 0. The smallest absolute Gasteiger partial charge is 0.265 e. The van der Waals surface area contributed by atoms with Gasteiger partial charge in [-0.05, 0) is 44.0 Å². The summed E-state index contributed by atoms with van der Waals surface area (Å²) in [5.74, 6) is 0. The Balaban J connectivity index is 2.44. The maximum absolute atomic E-state index is 12.3. The van der Waals surface area contributed by atoms with Crippen molar-refractivity contribution in [1.82, 2.24) is 0 Å². The molecule has 90 valence electrons. The lowest BCUT2D eigenvalue weighted by molar-refractivity contribution is 0.594. The second kappa shape index (κ2) is 3.80. The van der Waals surface area contributed by atoms with Crippen LogP contribution in [0.15, 0.2) is 24.6 Å². The first-order chi connectivity index (χ1) is 7.91.